The molecular weight excluding hydrogens is 366 g/mol. The zero-order valence-electron chi connectivity index (χ0n) is 12.6. The lowest BCUT2D eigenvalue weighted by molar-refractivity contribution is 0.102. The van der Waals surface area contributed by atoms with Crippen molar-refractivity contribution in [2.75, 3.05) is 10.6 Å². The van der Waals surface area contributed by atoms with E-state index in [2.05, 4.69) is 20.6 Å². The Balaban J connectivity index is 1.70. The van der Waals surface area contributed by atoms with E-state index in [1.165, 1.54) is 24.5 Å². The number of rotatable bonds is 4. The van der Waals surface area contributed by atoms with Gasteiger partial charge in [-0.15, -0.1) is 0 Å². The van der Waals surface area contributed by atoms with E-state index in [1.807, 2.05) is 0 Å². The van der Waals surface area contributed by atoms with Gasteiger partial charge in [-0.2, -0.15) is 0 Å². The predicted molar refractivity (Wildman–Crippen MR) is 96.1 cm³/mol. The molecule has 0 saturated carbocycles. The zero-order chi connectivity index (χ0) is 17.8. The molecule has 0 fully saturated rings. The maximum absolute atomic E-state index is 12.9. The molecule has 5 nitrogen and oxygen atoms in total. The molecule has 0 bridgehead atoms. The average Bonchev–Trinajstić information content (AvgIpc) is 2.61. The summed E-state index contributed by atoms with van der Waals surface area (Å²) in [6.45, 7) is 0. The zero-order valence-corrected chi connectivity index (χ0v) is 14.1. The van der Waals surface area contributed by atoms with Crippen LogP contribution in [0.2, 0.25) is 10.0 Å². The lowest BCUT2D eigenvalue weighted by Gasteiger charge is -2.08. The molecule has 2 aromatic carbocycles. The Morgan fingerprint density at radius 2 is 1.76 bits per heavy atom. The molecule has 8 heteroatoms. The second kappa shape index (κ2) is 7.46. The molecule has 0 saturated heterocycles. The van der Waals surface area contributed by atoms with E-state index in [0.29, 0.717) is 27.2 Å². The van der Waals surface area contributed by atoms with Gasteiger partial charge in [0, 0.05) is 10.7 Å². The molecule has 1 amide bonds. The molecular formula is C17H11Cl2FN4O. The van der Waals surface area contributed by atoms with Gasteiger partial charge in [-0.25, -0.2) is 14.4 Å². The molecule has 1 aromatic heterocycles. The molecule has 0 aliphatic carbocycles. The molecule has 0 unspecified atom stereocenters. The quantitative estimate of drug-likeness (QED) is 0.678. The Hall–Kier alpha value is -2.70. The van der Waals surface area contributed by atoms with Crippen molar-refractivity contribution in [1.82, 2.24) is 9.97 Å². The summed E-state index contributed by atoms with van der Waals surface area (Å²) in [7, 11) is 0. The van der Waals surface area contributed by atoms with Crippen molar-refractivity contribution in [2.45, 2.75) is 0 Å². The third-order valence-corrected chi connectivity index (χ3v) is 3.74. The van der Waals surface area contributed by atoms with Crippen LogP contribution in [0.4, 0.5) is 21.6 Å². The topological polar surface area (TPSA) is 66.9 Å². The first-order valence-electron chi connectivity index (χ1n) is 7.12. The van der Waals surface area contributed by atoms with Crippen molar-refractivity contribution in [3.8, 4) is 0 Å². The number of hydrogen-bond acceptors (Lipinski definition) is 4. The van der Waals surface area contributed by atoms with Crippen molar-refractivity contribution < 1.29 is 9.18 Å². The molecule has 0 radical (unpaired) electrons. The first-order chi connectivity index (χ1) is 12.0. The summed E-state index contributed by atoms with van der Waals surface area (Å²) < 4.78 is 12.9. The number of hydrogen-bond donors (Lipinski definition) is 2. The Morgan fingerprint density at radius 1 is 1.00 bits per heavy atom. The van der Waals surface area contributed by atoms with Gasteiger partial charge in [0.1, 0.15) is 17.3 Å². The Morgan fingerprint density at radius 3 is 2.44 bits per heavy atom. The first-order valence-corrected chi connectivity index (χ1v) is 7.88. The van der Waals surface area contributed by atoms with Crippen LogP contribution >= 0.6 is 23.2 Å². The smallest absolute Gasteiger partial charge is 0.275 e. The number of benzene rings is 2. The molecule has 2 N–H and O–H groups in total. The van der Waals surface area contributed by atoms with Gasteiger partial charge in [-0.1, -0.05) is 23.2 Å². The van der Waals surface area contributed by atoms with Gasteiger partial charge in [0.25, 0.3) is 5.91 Å². The standard InChI is InChI=1S/C17H11Cl2FN4O/c18-10-1-6-13(19)14(7-10)24-17(25)15-8-22-16(9-21-15)23-12-4-2-11(20)3-5-12/h1-9H,(H,22,23)(H,24,25). The highest BCUT2D eigenvalue weighted by molar-refractivity contribution is 6.35. The second-order valence-corrected chi connectivity index (χ2v) is 5.84. The van der Waals surface area contributed by atoms with Crippen LogP contribution in [0.5, 0.6) is 0 Å². The Labute approximate surface area is 152 Å². The molecule has 3 rings (SSSR count). The fourth-order valence-electron chi connectivity index (χ4n) is 1.97. The lowest BCUT2D eigenvalue weighted by atomic mass is 10.3. The van der Waals surface area contributed by atoms with Crippen LogP contribution in [0.15, 0.2) is 54.9 Å². The van der Waals surface area contributed by atoms with Gasteiger partial charge >= 0.3 is 0 Å². The fourth-order valence-corrected chi connectivity index (χ4v) is 2.31. The minimum Gasteiger partial charge on any atom is -0.339 e. The maximum Gasteiger partial charge on any atom is 0.275 e. The highest BCUT2D eigenvalue weighted by atomic mass is 35.5. The number of amides is 1. The van der Waals surface area contributed by atoms with Crippen molar-refractivity contribution in [3.63, 3.8) is 0 Å². The summed E-state index contributed by atoms with van der Waals surface area (Å²) in [4.78, 5) is 20.4. The summed E-state index contributed by atoms with van der Waals surface area (Å²) in [6, 6.07) is 10.5. The monoisotopic (exact) mass is 376 g/mol. The number of nitrogens with one attached hydrogen (secondary N) is 2. The van der Waals surface area contributed by atoms with E-state index in [9.17, 15) is 9.18 Å². The van der Waals surface area contributed by atoms with Crippen LogP contribution < -0.4 is 10.6 Å². The number of carbonyl (C=O) groups excluding carboxylic acids is 1. The van der Waals surface area contributed by atoms with Gasteiger partial charge < -0.3 is 10.6 Å². The highest BCUT2D eigenvalue weighted by Crippen LogP contribution is 2.25. The van der Waals surface area contributed by atoms with E-state index < -0.39 is 5.91 Å². The Kier molecular flexibility index (Phi) is 5.11. The number of aromatic nitrogens is 2. The molecule has 25 heavy (non-hydrogen) atoms. The summed E-state index contributed by atoms with van der Waals surface area (Å²) >= 11 is 11.9. The number of carbonyl (C=O) groups is 1. The van der Waals surface area contributed by atoms with Crippen LogP contribution in [0.1, 0.15) is 10.5 Å². The van der Waals surface area contributed by atoms with Crippen molar-refractivity contribution >= 4 is 46.3 Å². The minimum atomic E-state index is -0.468. The molecule has 0 spiro atoms. The lowest BCUT2D eigenvalue weighted by Crippen LogP contribution is -2.14. The minimum absolute atomic E-state index is 0.112. The molecule has 0 aliphatic heterocycles. The summed E-state index contributed by atoms with van der Waals surface area (Å²) in [5, 5.41) is 6.39. The van der Waals surface area contributed by atoms with Gasteiger partial charge in [0.2, 0.25) is 0 Å². The summed E-state index contributed by atoms with van der Waals surface area (Å²) in [5.74, 6) is -0.378. The average molecular weight is 377 g/mol. The Bertz CT molecular complexity index is 902. The molecule has 126 valence electrons. The van der Waals surface area contributed by atoms with E-state index >= 15 is 0 Å². The van der Waals surface area contributed by atoms with Crippen LogP contribution in [0.3, 0.4) is 0 Å². The molecule has 0 aliphatic rings. The number of nitrogens with zero attached hydrogens (tertiary/aromatic N) is 2. The van der Waals surface area contributed by atoms with Crippen molar-refractivity contribution in [3.05, 3.63) is 76.4 Å². The molecule has 0 atom stereocenters. The van der Waals surface area contributed by atoms with Gasteiger partial charge in [0.15, 0.2) is 0 Å². The first kappa shape index (κ1) is 17.1. The third-order valence-electron chi connectivity index (χ3n) is 3.18. The van der Waals surface area contributed by atoms with Crippen molar-refractivity contribution in [2.24, 2.45) is 0 Å². The molecule has 3 aromatic rings. The van der Waals surface area contributed by atoms with Crippen LogP contribution in [-0.4, -0.2) is 15.9 Å². The van der Waals surface area contributed by atoms with Gasteiger partial charge in [-0.05, 0) is 42.5 Å². The van der Waals surface area contributed by atoms with Crippen molar-refractivity contribution in [1.29, 1.82) is 0 Å². The summed E-state index contributed by atoms with van der Waals surface area (Å²) in [6.07, 6.45) is 2.72. The highest BCUT2D eigenvalue weighted by Gasteiger charge is 2.11. The van der Waals surface area contributed by atoms with E-state index in [1.54, 1.807) is 30.3 Å². The van der Waals surface area contributed by atoms with Gasteiger partial charge in [0.05, 0.1) is 23.1 Å². The van der Waals surface area contributed by atoms with Crippen LogP contribution in [-0.2, 0) is 0 Å². The maximum atomic E-state index is 12.9. The molecule has 1 heterocycles. The largest absolute Gasteiger partial charge is 0.339 e. The normalized spacial score (nSPS) is 10.4. The van der Waals surface area contributed by atoms with Crippen LogP contribution in [0, 0.1) is 5.82 Å². The summed E-state index contributed by atoms with van der Waals surface area (Å²) in [5.41, 5.74) is 1.15. The predicted octanol–water partition coefficient (Wildman–Crippen LogP) is 4.92. The third kappa shape index (κ3) is 4.43. The number of anilines is 3. The van der Waals surface area contributed by atoms with E-state index in [0.717, 1.165) is 0 Å². The second-order valence-electron chi connectivity index (χ2n) is 5.00. The SMILES string of the molecule is O=C(Nc1cc(Cl)ccc1Cl)c1cnc(Nc2ccc(F)cc2)cn1. The van der Waals surface area contributed by atoms with E-state index in [-0.39, 0.29) is 11.5 Å². The fraction of sp³-hybridized carbons (Fsp3) is 0. The van der Waals surface area contributed by atoms with E-state index in [4.69, 9.17) is 23.2 Å². The van der Waals surface area contributed by atoms with Crippen LogP contribution in [0.25, 0.3) is 0 Å². The number of halogens is 3. The van der Waals surface area contributed by atoms with Gasteiger partial charge in [-0.3, -0.25) is 4.79 Å².